The van der Waals surface area contributed by atoms with E-state index in [0.29, 0.717) is 10.0 Å². The van der Waals surface area contributed by atoms with Crippen molar-refractivity contribution < 1.29 is 4.79 Å². The molecule has 0 fully saturated rings. The molecule has 0 atom stereocenters. The number of pyridine rings is 1. The monoisotopic (exact) mass is 279 g/mol. The summed E-state index contributed by atoms with van der Waals surface area (Å²) >= 11 is 7.27. The number of benzene rings is 1. The van der Waals surface area contributed by atoms with Gasteiger partial charge < -0.3 is 11.5 Å². The Balaban J connectivity index is 2.30. The number of hydrogen-bond acceptors (Lipinski definition) is 4. The zero-order valence-electron chi connectivity index (χ0n) is 9.26. The first-order chi connectivity index (χ1) is 8.56. The van der Waals surface area contributed by atoms with Crippen molar-refractivity contribution in [3.8, 4) is 0 Å². The van der Waals surface area contributed by atoms with Crippen molar-refractivity contribution in [2.75, 3.05) is 5.73 Å². The smallest absolute Gasteiger partial charge is 0.250 e. The van der Waals surface area contributed by atoms with Gasteiger partial charge in [-0.05, 0) is 24.3 Å². The van der Waals surface area contributed by atoms with E-state index in [9.17, 15) is 4.79 Å². The molecule has 1 amide bonds. The molecule has 0 aliphatic rings. The van der Waals surface area contributed by atoms with Crippen molar-refractivity contribution in [3.63, 3.8) is 0 Å². The first-order valence-corrected chi connectivity index (χ1v) is 6.24. The molecule has 18 heavy (non-hydrogen) atoms. The molecule has 2 rings (SSSR count). The molecule has 1 aromatic carbocycles. The quantitative estimate of drug-likeness (QED) is 0.905. The molecule has 0 saturated carbocycles. The summed E-state index contributed by atoms with van der Waals surface area (Å²) < 4.78 is 0. The van der Waals surface area contributed by atoms with E-state index in [-0.39, 0.29) is 11.3 Å². The lowest BCUT2D eigenvalue weighted by Crippen LogP contribution is -2.13. The van der Waals surface area contributed by atoms with Crippen LogP contribution in [0.1, 0.15) is 10.4 Å². The molecule has 4 N–H and O–H groups in total. The van der Waals surface area contributed by atoms with Gasteiger partial charge >= 0.3 is 0 Å². The average molecular weight is 280 g/mol. The minimum Gasteiger partial charge on any atom is -0.397 e. The van der Waals surface area contributed by atoms with Crippen molar-refractivity contribution >= 4 is 35.0 Å². The molecule has 0 aliphatic heterocycles. The molecule has 0 saturated heterocycles. The van der Waals surface area contributed by atoms with Crippen LogP contribution in [-0.4, -0.2) is 10.9 Å². The molecule has 0 aliphatic carbocycles. The van der Waals surface area contributed by atoms with Gasteiger partial charge in [0, 0.05) is 9.92 Å². The Kier molecular flexibility index (Phi) is 3.74. The predicted molar refractivity (Wildman–Crippen MR) is 72.7 cm³/mol. The number of carbonyl (C=O) groups is 1. The second-order valence-electron chi connectivity index (χ2n) is 3.53. The van der Waals surface area contributed by atoms with Crippen molar-refractivity contribution in [2.45, 2.75) is 9.92 Å². The molecule has 4 nitrogen and oxygen atoms in total. The van der Waals surface area contributed by atoms with Crippen LogP contribution in [0.25, 0.3) is 0 Å². The number of primary amides is 1. The number of rotatable bonds is 3. The van der Waals surface area contributed by atoms with Crippen LogP contribution in [0.3, 0.4) is 0 Å². The number of carbonyl (C=O) groups excluding carboxylic acids is 1. The standard InChI is InChI=1S/C12H10ClN3OS/c13-7-2-1-3-8(4-7)18-11-5-9(12(15)17)10(14)6-16-11/h1-6H,14H2,(H2,15,17). The second kappa shape index (κ2) is 5.29. The fourth-order valence-electron chi connectivity index (χ4n) is 1.37. The zero-order valence-corrected chi connectivity index (χ0v) is 10.8. The van der Waals surface area contributed by atoms with Crippen molar-refractivity contribution in [1.29, 1.82) is 0 Å². The molecule has 6 heteroatoms. The van der Waals surface area contributed by atoms with Crippen LogP contribution in [0.4, 0.5) is 5.69 Å². The summed E-state index contributed by atoms with van der Waals surface area (Å²) in [6.45, 7) is 0. The van der Waals surface area contributed by atoms with Gasteiger partial charge in [0.1, 0.15) is 5.03 Å². The summed E-state index contributed by atoms with van der Waals surface area (Å²) in [5.41, 5.74) is 11.4. The summed E-state index contributed by atoms with van der Waals surface area (Å²) in [6.07, 6.45) is 1.42. The SMILES string of the molecule is NC(=O)c1cc(Sc2cccc(Cl)c2)ncc1N. The fourth-order valence-corrected chi connectivity index (χ4v) is 2.48. The van der Waals surface area contributed by atoms with E-state index in [2.05, 4.69) is 4.98 Å². The fraction of sp³-hybridized carbons (Fsp3) is 0. The third-order valence-electron chi connectivity index (χ3n) is 2.19. The van der Waals surface area contributed by atoms with Crippen LogP contribution in [0.5, 0.6) is 0 Å². The van der Waals surface area contributed by atoms with Crippen molar-refractivity contribution in [1.82, 2.24) is 4.98 Å². The van der Waals surface area contributed by atoms with Gasteiger partial charge in [-0.2, -0.15) is 0 Å². The summed E-state index contributed by atoms with van der Waals surface area (Å²) in [6, 6.07) is 8.92. The Morgan fingerprint density at radius 2 is 2.11 bits per heavy atom. The number of aromatic nitrogens is 1. The lowest BCUT2D eigenvalue weighted by molar-refractivity contribution is 0.100. The minimum absolute atomic E-state index is 0.273. The lowest BCUT2D eigenvalue weighted by Gasteiger charge is -2.05. The average Bonchev–Trinajstić information content (AvgIpc) is 2.31. The highest BCUT2D eigenvalue weighted by atomic mass is 35.5. The van der Waals surface area contributed by atoms with E-state index in [1.54, 1.807) is 12.1 Å². The number of hydrogen-bond donors (Lipinski definition) is 2. The molecular weight excluding hydrogens is 270 g/mol. The van der Waals surface area contributed by atoms with Gasteiger partial charge in [0.05, 0.1) is 17.4 Å². The van der Waals surface area contributed by atoms with Crippen LogP contribution in [0.2, 0.25) is 5.02 Å². The zero-order chi connectivity index (χ0) is 13.1. The van der Waals surface area contributed by atoms with E-state index in [1.165, 1.54) is 18.0 Å². The first-order valence-electron chi connectivity index (χ1n) is 5.05. The van der Waals surface area contributed by atoms with Gasteiger partial charge in [0.2, 0.25) is 0 Å². The molecule has 0 spiro atoms. The normalized spacial score (nSPS) is 10.3. The van der Waals surface area contributed by atoms with Gasteiger partial charge in [-0.3, -0.25) is 4.79 Å². The number of anilines is 1. The maximum Gasteiger partial charge on any atom is 0.250 e. The predicted octanol–water partition coefficient (Wildman–Crippen LogP) is 2.57. The van der Waals surface area contributed by atoms with E-state index in [4.69, 9.17) is 23.1 Å². The molecule has 2 aromatic rings. The maximum absolute atomic E-state index is 11.2. The van der Waals surface area contributed by atoms with Gasteiger partial charge in [-0.1, -0.05) is 29.4 Å². The Bertz CT molecular complexity index is 604. The van der Waals surface area contributed by atoms with Crippen LogP contribution in [0.15, 0.2) is 46.5 Å². The van der Waals surface area contributed by atoms with E-state index < -0.39 is 5.91 Å². The highest BCUT2D eigenvalue weighted by molar-refractivity contribution is 7.99. The molecule has 1 heterocycles. The molecule has 0 bridgehead atoms. The van der Waals surface area contributed by atoms with E-state index in [1.807, 2.05) is 18.2 Å². The van der Waals surface area contributed by atoms with Gasteiger partial charge in [0.15, 0.2) is 0 Å². The van der Waals surface area contributed by atoms with Crippen LogP contribution >= 0.6 is 23.4 Å². The number of nitrogens with two attached hydrogens (primary N) is 2. The minimum atomic E-state index is -0.567. The van der Waals surface area contributed by atoms with Crippen molar-refractivity contribution in [2.24, 2.45) is 5.73 Å². The molecule has 1 aromatic heterocycles. The summed E-state index contributed by atoms with van der Waals surface area (Å²) in [7, 11) is 0. The molecule has 0 radical (unpaired) electrons. The van der Waals surface area contributed by atoms with E-state index in [0.717, 1.165) is 4.90 Å². The Hall–Kier alpha value is -1.72. The first kappa shape index (κ1) is 12.7. The third-order valence-corrected chi connectivity index (χ3v) is 3.35. The highest BCUT2D eigenvalue weighted by Gasteiger charge is 2.08. The molecule has 0 unspecified atom stereocenters. The number of nitrogens with zero attached hydrogens (tertiary/aromatic N) is 1. The lowest BCUT2D eigenvalue weighted by atomic mass is 10.2. The van der Waals surface area contributed by atoms with Crippen LogP contribution in [0, 0.1) is 0 Å². The second-order valence-corrected chi connectivity index (χ2v) is 5.06. The number of nitrogen functional groups attached to an aromatic ring is 1. The third kappa shape index (κ3) is 2.94. The van der Waals surface area contributed by atoms with Gasteiger partial charge in [0.25, 0.3) is 5.91 Å². The van der Waals surface area contributed by atoms with E-state index >= 15 is 0 Å². The van der Waals surface area contributed by atoms with Crippen LogP contribution in [-0.2, 0) is 0 Å². The number of halogens is 1. The van der Waals surface area contributed by atoms with Gasteiger partial charge in [-0.25, -0.2) is 4.98 Å². The Morgan fingerprint density at radius 1 is 1.33 bits per heavy atom. The molecule has 92 valence electrons. The maximum atomic E-state index is 11.2. The van der Waals surface area contributed by atoms with Gasteiger partial charge in [-0.15, -0.1) is 0 Å². The largest absolute Gasteiger partial charge is 0.397 e. The number of amides is 1. The van der Waals surface area contributed by atoms with Crippen LogP contribution < -0.4 is 11.5 Å². The summed E-state index contributed by atoms with van der Waals surface area (Å²) in [4.78, 5) is 16.2. The Labute approximate surface area is 113 Å². The summed E-state index contributed by atoms with van der Waals surface area (Å²) in [5.74, 6) is -0.567. The van der Waals surface area contributed by atoms with Crippen molar-refractivity contribution in [3.05, 3.63) is 47.1 Å². The topological polar surface area (TPSA) is 82.0 Å². The Morgan fingerprint density at radius 3 is 2.78 bits per heavy atom. The highest BCUT2D eigenvalue weighted by Crippen LogP contribution is 2.29. The molecular formula is C12H10ClN3OS. The summed E-state index contributed by atoms with van der Waals surface area (Å²) in [5, 5.41) is 1.28.